The maximum atomic E-state index is 5.78. The van der Waals surface area contributed by atoms with Gasteiger partial charge in [0.2, 0.25) is 0 Å². The number of nitrogens with zero attached hydrogens (tertiary/aromatic N) is 1. The number of aryl methyl sites for hydroxylation is 2. The van der Waals surface area contributed by atoms with Crippen LogP contribution in [0, 0.1) is 0 Å². The molecule has 1 aromatic heterocycles. The minimum atomic E-state index is 0.455. The van der Waals surface area contributed by atoms with E-state index in [0.29, 0.717) is 4.99 Å². The number of nitrogens with two attached hydrogens (primary N) is 1. The lowest BCUT2D eigenvalue weighted by Crippen LogP contribution is -2.09. The summed E-state index contributed by atoms with van der Waals surface area (Å²) in [5.41, 5.74) is 9.26. The molecule has 3 rings (SSSR count). The first-order valence-corrected chi connectivity index (χ1v) is 7.08. The molecule has 0 bridgehead atoms. The molecular formula is C17H16N2S. The van der Waals surface area contributed by atoms with Crippen LogP contribution in [0.1, 0.15) is 11.1 Å². The van der Waals surface area contributed by atoms with Gasteiger partial charge in [-0.25, -0.2) is 0 Å². The van der Waals surface area contributed by atoms with Crippen molar-refractivity contribution in [3.05, 3.63) is 71.9 Å². The van der Waals surface area contributed by atoms with Crippen LogP contribution in [0.4, 0.5) is 0 Å². The molecule has 0 radical (unpaired) electrons. The molecule has 0 atom stereocenters. The average Bonchev–Trinajstić information content (AvgIpc) is 2.89. The normalized spacial score (nSPS) is 10.8. The molecule has 3 heteroatoms. The van der Waals surface area contributed by atoms with Gasteiger partial charge in [-0.2, -0.15) is 0 Å². The van der Waals surface area contributed by atoms with Gasteiger partial charge < -0.3 is 10.3 Å². The summed E-state index contributed by atoms with van der Waals surface area (Å²) in [7, 11) is 0. The summed E-state index contributed by atoms with van der Waals surface area (Å²) in [6.07, 6.45) is 3.12. The van der Waals surface area contributed by atoms with Gasteiger partial charge in [0.05, 0.1) is 0 Å². The zero-order valence-corrected chi connectivity index (χ0v) is 11.9. The van der Waals surface area contributed by atoms with Gasteiger partial charge in [0.15, 0.2) is 0 Å². The van der Waals surface area contributed by atoms with Gasteiger partial charge >= 0.3 is 0 Å². The Hall–Kier alpha value is -2.13. The first-order chi connectivity index (χ1) is 9.75. The molecule has 2 nitrogen and oxygen atoms in total. The molecule has 0 aliphatic heterocycles. The summed E-state index contributed by atoms with van der Waals surface area (Å²) in [6, 6.07) is 18.7. The molecule has 100 valence electrons. The van der Waals surface area contributed by atoms with E-state index in [1.807, 2.05) is 18.2 Å². The molecule has 0 aliphatic carbocycles. The lowest BCUT2D eigenvalue weighted by atomic mass is 10.1. The van der Waals surface area contributed by atoms with Crippen LogP contribution in [0.25, 0.3) is 10.9 Å². The first kappa shape index (κ1) is 12.9. The Morgan fingerprint density at radius 1 is 1.00 bits per heavy atom. The molecule has 3 aromatic rings. The zero-order chi connectivity index (χ0) is 13.9. The molecule has 1 heterocycles. The SMILES string of the molecule is NC(=S)c1cccc2c1ccn2CCc1ccccc1. The second kappa shape index (κ2) is 5.47. The molecule has 0 amide bonds. The average molecular weight is 280 g/mol. The fourth-order valence-corrected chi connectivity index (χ4v) is 2.71. The monoisotopic (exact) mass is 280 g/mol. The lowest BCUT2D eigenvalue weighted by molar-refractivity contribution is 0.723. The topological polar surface area (TPSA) is 30.9 Å². The Morgan fingerprint density at radius 2 is 1.80 bits per heavy atom. The molecule has 2 N–H and O–H groups in total. The fraction of sp³-hybridized carbons (Fsp3) is 0.118. The van der Waals surface area contributed by atoms with Crippen molar-refractivity contribution in [2.75, 3.05) is 0 Å². The van der Waals surface area contributed by atoms with Gasteiger partial charge in [-0.05, 0) is 24.1 Å². The summed E-state index contributed by atoms with van der Waals surface area (Å²) < 4.78 is 2.25. The molecule has 0 saturated carbocycles. The van der Waals surface area contributed by atoms with Gasteiger partial charge in [-0.15, -0.1) is 0 Å². The minimum absolute atomic E-state index is 0.455. The van der Waals surface area contributed by atoms with Gasteiger partial charge in [0.25, 0.3) is 0 Å². The van der Waals surface area contributed by atoms with Crippen molar-refractivity contribution in [2.45, 2.75) is 13.0 Å². The highest BCUT2D eigenvalue weighted by atomic mass is 32.1. The molecule has 0 spiro atoms. The molecule has 20 heavy (non-hydrogen) atoms. The molecule has 0 aliphatic rings. The van der Waals surface area contributed by atoms with Crippen molar-refractivity contribution < 1.29 is 0 Å². The van der Waals surface area contributed by atoms with Crippen molar-refractivity contribution in [3.63, 3.8) is 0 Å². The number of hydrogen-bond acceptors (Lipinski definition) is 1. The van der Waals surface area contributed by atoms with E-state index in [4.69, 9.17) is 18.0 Å². The van der Waals surface area contributed by atoms with E-state index in [-0.39, 0.29) is 0 Å². The number of aromatic nitrogens is 1. The number of rotatable bonds is 4. The van der Waals surface area contributed by atoms with Crippen LogP contribution >= 0.6 is 12.2 Å². The van der Waals surface area contributed by atoms with Crippen LogP contribution in [-0.2, 0) is 13.0 Å². The van der Waals surface area contributed by atoms with Gasteiger partial charge in [0, 0.05) is 29.2 Å². The minimum Gasteiger partial charge on any atom is -0.389 e. The van der Waals surface area contributed by atoms with Crippen LogP contribution < -0.4 is 5.73 Å². The van der Waals surface area contributed by atoms with E-state index in [1.165, 1.54) is 11.1 Å². The summed E-state index contributed by atoms with van der Waals surface area (Å²) in [6.45, 7) is 0.953. The summed E-state index contributed by atoms with van der Waals surface area (Å²) in [4.78, 5) is 0.455. The molecule has 2 aromatic carbocycles. The van der Waals surface area contributed by atoms with Crippen LogP contribution in [-0.4, -0.2) is 9.56 Å². The molecule has 0 fully saturated rings. The second-order valence-corrected chi connectivity index (χ2v) is 5.29. The number of fused-ring (bicyclic) bond motifs is 1. The van der Waals surface area contributed by atoms with Crippen LogP contribution in [0.3, 0.4) is 0 Å². The quantitative estimate of drug-likeness (QED) is 0.741. The third-order valence-corrected chi connectivity index (χ3v) is 3.78. The van der Waals surface area contributed by atoms with Crippen molar-refractivity contribution >= 4 is 28.1 Å². The van der Waals surface area contributed by atoms with Crippen LogP contribution in [0.2, 0.25) is 0 Å². The smallest absolute Gasteiger partial charge is 0.104 e. The van der Waals surface area contributed by atoms with Crippen LogP contribution in [0.5, 0.6) is 0 Å². The highest BCUT2D eigenvalue weighted by molar-refractivity contribution is 7.80. The van der Waals surface area contributed by atoms with Crippen molar-refractivity contribution in [2.24, 2.45) is 5.73 Å². The molecular weight excluding hydrogens is 264 g/mol. The van der Waals surface area contributed by atoms with Crippen molar-refractivity contribution in [1.29, 1.82) is 0 Å². The summed E-state index contributed by atoms with van der Waals surface area (Å²) >= 11 is 5.11. The van der Waals surface area contributed by atoms with E-state index >= 15 is 0 Å². The second-order valence-electron chi connectivity index (χ2n) is 4.85. The summed E-state index contributed by atoms with van der Waals surface area (Å²) in [5.74, 6) is 0. The molecule has 0 saturated heterocycles. The fourth-order valence-electron chi connectivity index (χ4n) is 2.53. The largest absolute Gasteiger partial charge is 0.389 e. The Morgan fingerprint density at radius 3 is 2.55 bits per heavy atom. The summed E-state index contributed by atoms with van der Waals surface area (Å²) in [5, 5.41) is 1.13. The highest BCUT2D eigenvalue weighted by Gasteiger charge is 2.07. The third kappa shape index (κ3) is 2.45. The van der Waals surface area contributed by atoms with Gasteiger partial charge in [0.1, 0.15) is 4.99 Å². The zero-order valence-electron chi connectivity index (χ0n) is 11.1. The third-order valence-electron chi connectivity index (χ3n) is 3.56. The van der Waals surface area contributed by atoms with Crippen molar-refractivity contribution in [3.8, 4) is 0 Å². The van der Waals surface area contributed by atoms with Crippen LogP contribution in [0.15, 0.2) is 60.8 Å². The maximum absolute atomic E-state index is 5.78. The first-order valence-electron chi connectivity index (χ1n) is 6.67. The van der Waals surface area contributed by atoms with Gasteiger partial charge in [-0.3, -0.25) is 0 Å². The molecule has 0 unspecified atom stereocenters. The number of hydrogen-bond donors (Lipinski definition) is 1. The van der Waals surface area contributed by atoms with E-state index in [0.717, 1.165) is 23.9 Å². The Kier molecular flexibility index (Phi) is 3.52. The predicted molar refractivity (Wildman–Crippen MR) is 88.0 cm³/mol. The van der Waals surface area contributed by atoms with Crippen molar-refractivity contribution in [1.82, 2.24) is 4.57 Å². The Balaban J connectivity index is 1.90. The van der Waals surface area contributed by atoms with E-state index in [2.05, 4.69) is 47.2 Å². The number of thiocarbonyl (C=S) groups is 1. The van der Waals surface area contributed by atoms with E-state index in [9.17, 15) is 0 Å². The van der Waals surface area contributed by atoms with E-state index < -0.39 is 0 Å². The Bertz CT molecular complexity index is 744. The number of benzene rings is 2. The van der Waals surface area contributed by atoms with Gasteiger partial charge in [-0.1, -0.05) is 54.7 Å². The van der Waals surface area contributed by atoms with E-state index in [1.54, 1.807) is 0 Å². The lowest BCUT2D eigenvalue weighted by Gasteiger charge is -2.07. The predicted octanol–water partition coefficient (Wildman–Crippen LogP) is 3.52. The maximum Gasteiger partial charge on any atom is 0.104 e. The highest BCUT2D eigenvalue weighted by Crippen LogP contribution is 2.20. The standard InChI is InChI=1S/C17H16N2S/c18-17(20)15-7-4-8-16-14(15)10-12-19(16)11-9-13-5-2-1-3-6-13/h1-8,10,12H,9,11H2,(H2,18,20). The Labute approximate surface area is 123 Å².